The van der Waals surface area contributed by atoms with E-state index in [-0.39, 0.29) is 6.71 Å². The molecule has 4 nitrogen and oxygen atoms in total. The Morgan fingerprint density at radius 1 is 0.468 bits per heavy atom. The van der Waals surface area contributed by atoms with Crippen LogP contribution >= 0.6 is 11.8 Å². The van der Waals surface area contributed by atoms with E-state index >= 15 is 0 Å². The van der Waals surface area contributed by atoms with Crippen LogP contribution in [0.2, 0.25) is 0 Å². The number of aromatic nitrogens is 1. The van der Waals surface area contributed by atoms with Crippen LogP contribution in [0.5, 0.6) is 0 Å². The molecule has 0 fully saturated rings. The zero-order valence-electron chi connectivity index (χ0n) is 25.4. The summed E-state index contributed by atoms with van der Waals surface area (Å²) in [7, 11) is 0. The second-order valence-electron chi connectivity index (χ2n) is 12.0. The lowest BCUT2D eigenvalue weighted by Crippen LogP contribution is -2.61. The molecule has 6 heteroatoms. The molecule has 3 aliphatic rings. The number of pyridine rings is 1. The van der Waals surface area contributed by atoms with Crippen molar-refractivity contribution < 1.29 is 0 Å². The Morgan fingerprint density at radius 2 is 1.02 bits per heavy atom. The van der Waals surface area contributed by atoms with Gasteiger partial charge < -0.3 is 14.7 Å². The minimum absolute atomic E-state index is 0.0635. The molecular weight excluding hydrogens is 591 g/mol. The predicted molar refractivity (Wildman–Crippen MR) is 197 cm³/mol. The van der Waals surface area contributed by atoms with Gasteiger partial charge in [0, 0.05) is 39.5 Å². The largest absolute Gasteiger partial charge is 0.311 e. The SMILES string of the molecule is c1ccc(N2c3ccccc3Sc3c2cc2c4c3N(c3cccnc3)c3ccccc3B4c3ccccc3N2c2ccccc2)cc1. The van der Waals surface area contributed by atoms with Crippen LogP contribution in [0.25, 0.3) is 0 Å². The van der Waals surface area contributed by atoms with Gasteiger partial charge in [-0.25, -0.2) is 0 Å². The average molecular weight is 619 g/mol. The summed E-state index contributed by atoms with van der Waals surface area (Å²) in [5.74, 6) is 0. The third kappa shape index (κ3) is 3.88. The highest BCUT2D eigenvalue weighted by Gasteiger charge is 2.46. The minimum atomic E-state index is 0.0635. The molecule has 0 N–H and O–H groups in total. The van der Waals surface area contributed by atoms with E-state index in [4.69, 9.17) is 0 Å². The Balaban J connectivity index is 1.38. The normalized spacial score (nSPS) is 13.7. The number of rotatable bonds is 3. The van der Waals surface area contributed by atoms with Crippen LogP contribution in [0.1, 0.15) is 0 Å². The van der Waals surface area contributed by atoms with Crippen molar-refractivity contribution in [2.75, 3.05) is 14.7 Å². The van der Waals surface area contributed by atoms with Crippen molar-refractivity contribution >= 4 is 86.0 Å². The van der Waals surface area contributed by atoms with Crippen LogP contribution in [0.15, 0.2) is 174 Å². The molecule has 6 aromatic carbocycles. The molecule has 220 valence electrons. The molecule has 4 heterocycles. The Morgan fingerprint density at radius 3 is 1.68 bits per heavy atom. The number of anilines is 9. The summed E-state index contributed by atoms with van der Waals surface area (Å²) in [6, 6.07) is 54.9. The standard InChI is InChI=1S/C41H27BN4S/c1-3-14-28(15-4-1)44-33-21-9-7-19-31(33)42-32-20-8-10-22-34(32)46(30-18-13-25-43-27-30)40-39(42)36(44)26-37-41(40)47-38-24-12-11-23-35(38)45(37)29-16-5-2-6-17-29/h1-27H. The summed E-state index contributed by atoms with van der Waals surface area (Å²) in [5.41, 5.74) is 14.4. The Labute approximate surface area is 278 Å². The Bertz CT molecular complexity index is 2300. The van der Waals surface area contributed by atoms with E-state index in [0.29, 0.717) is 0 Å². The molecule has 7 aromatic rings. The molecule has 3 aliphatic heterocycles. The van der Waals surface area contributed by atoms with E-state index in [1.165, 1.54) is 60.3 Å². The van der Waals surface area contributed by atoms with Gasteiger partial charge in [-0.1, -0.05) is 96.7 Å². The van der Waals surface area contributed by atoms with E-state index < -0.39 is 0 Å². The molecule has 47 heavy (non-hydrogen) atoms. The summed E-state index contributed by atoms with van der Waals surface area (Å²) < 4.78 is 0. The van der Waals surface area contributed by atoms with Gasteiger partial charge in [-0.3, -0.25) is 4.98 Å². The molecule has 10 rings (SSSR count). The summed E-state index contributed by atoms with van der Waals surface area (Å²) in [4.78, 5) is 14.5. The second-order valence-corrected chi connectivity index (χ2v) is 13.1. The molecule has 1 aromatic heterocycles. The average Bonchev–Trinajstić information content (AvgIpc) is 3.15. The monoisotopic (exact) mass is 618 g/mol. The van der Waals surface area contributed by atoms with Crippen LogP contribution in [0.3, 0.4) is 0 Å². The third-order valence-electron chi connectivity index (χ3n) is 9.47. The fourth-order valence-electron chi connectivity index (χ4n) is 7.63. The quantitative estimate of drug-likeness (QED) is 0.184. The third-order valence-corrected chi connectivity index (χ3v) is 10.6. The maximum atomic E-state index is 4.62. The van der Waals surface area contributed by atoms with Gasteiger partial charge in [0.2, 0.25) is 0 Å². The van der Waals surface area contributed by atoms with Gasteiger partial charge in [0.1, 0.15) is 0 Å². The maximum Gasteiger partial charge on any atom is 0.252 e. The number of benzene rings is 6. The lowest BCUT2D eigenvalue weighted by Gasteiger charge is -2.46. The van der Waals surface area contributed by atoms with Gasteiger partial charge >= 0.3 is 0 Å². The molecule has 0 saturated heterocycles. The zero-order valence-corrected chi connectivity index (χ0v) is 26.2. The second kappa shape index (κ2) is 10.4. The molecule has 0 saturated carbocycles. The highest BCUT2D eigenvalue weighted by molar-refractivity contribution is 8.00. The van der Waals surface area contributed by atoms with Crippen molar-refractivity contribution in [2.24, 2.45) is 0 Å². The Hall–Kier alpha value is -5.72. The summed E-state index contributed by atoms with van der Waals surface area (Å²) in [6.07, 6.45) is 3.85. The van der Waals surface area contributed by atoms with E-state index in [2.05, 4.69) is 165 Å². The van der Waals surface area contributed by atoms with Crippen LogP contribution in [-0.4, -0.2) is 11.7 Å². The van der Waals surface area contributed by atoms with Gasteiger partial charge in [0.05, 0.1) is 33.8 Å². The number of hydrogen-bond acceptors (Lipinski definition) is 5. The van der Waals surface area contributed by atoms with Gasteiger partial charge in [-0.15, -0.1) is 0 Å². The van der Waals surface area contributed by atoms with Crippen LogP contribution in [0.4, 0.5) is 51.2 Å². The fraction of sp³-hybridized carbons (Fsp3) is 0. The van der Waals surface area contributed by atoms with Gasteiger partial charge in [0.25, 0.3) is 6.71 Å². The summed E-state index contributed by atoms with van der Waals surface area (Å²) in [6.45, 7) is 0.0635. The highest BCUT2D eigenvalue weighted by atomic mass is 32.2. The van der Waals surface area contributed by atoms with Gasteiger partial charge in [0.15, 0.2) is 0 Å². The van der Waals surface area contributed by atoms with Crippen molar-refractivity contribution in [1.29, 1.82) is 0 Å². The highest BCUT2D eigenvalue weighted by Crippen LogP contribution is 2.58. The van der Waals surface area contributed by atoms with Crippen molar-refractivity contribution in [3.05, 3.63) is 164 Å². The van der Waals surface area contributed by atoms with Crippen LogP contribution in [-0.2, 0) is 0 Å². The van der Waals surface area contributed by atoms with Crippen molar-refractivity contribution in [3.63, 3.8) is 0 Å². The predicted octanol–water partition coefficient (Wildman–Crippen LogP) is 9.10. The molecule has 0 unspecified atom stereocenters. The summed E-state index contributed by atoms with van der Waals surface area (Å²) >= 11 is 1.87. The molecule has 0 radical (unpaired) electrons. The fourth-order valence-corrected chi connectivity index (χ4v) is 8.81. The molecule has 0 amide bonds. The van der Waals surface area contributed by atoms with E-state index in [1.54, 1.807) is 0 Å². The number of fused-ring (bicyclic) bond motifs is 7. The first-order valence-corrected chi connectivity index (χ1v) is 16.7. The number of para-hydroxylation sites is 5. The molecule has 0 bridgehead atoms. The number of nitrogens with zero attached hydrogens (tertiary/aromatic N) is 4. The van der Waals surface area contributed by atoms with E-state index in [1.807, 2.05) is 30.2 Å². The summed E-state index contributed by atoms with van der Waals surface area (Å²) in [5, 5.41) is 0. The zero-order chi connectivity index (χ0) is 30.9. The molecule has 0 spiro atoms. The molecule has 0 atom stereocenters. The van der Waals surface area contributed by atoms with Gasteiger partial charge in [-0.2, -0.15) is 0 Å². The van der Waals surface area contributed by atoms with Crippen LogP contribution in [0, 0.1) is 0 Å². The number of hydrogen-bond donors (Lipinski definition) is 0. The minimum Gasteiger partial charge on any atom is -0.311 e. The first kappa shape index (κ1) is 26.5. The Kier molecular flexibility index (Phi) is 5.87. The van der Waals surface area contributed by atoms with Crippen LogP contribution < -0.4 is 31.1 Å². The lowest BCUT2D eigenvalue weighted by molar-refractivity contribution is 1.13. The smallest absolute Gasteiger partial charge is 0.252 e. The maximum absolute atomic E-state index is 4.62. The lowest BCUT2D eigenvalue weighted by atomic mass is 9.33. The first-order valence-electron chi connectivity index (χ1n) is 15.9. The van der Waals surface area contributed by atoms with Crippen molar-refractivity contribution in [1.82, 2.24) is 4.98 Å². The van der Waals surface area contributed by atoms with Crippen molar-refractivity contribution in [3.8, 4) is 0 Å². The molecular formula is C41H27BN4S. The topological polar surface area (TPSA) is 22.6 Å². The van der Waals surface area contributed by atoms with E-state index in [9.17, 15) is 0 Å². The first-order chi connectivity index (χ1) is 23.4. The van der Waals surface area contributed by atoms with Gasteiger partial charge in [-0.05, 0) is 83.1 Å². The van der Waals surface area contributed by atoms with E-state index in [0.717, 1.165) is 17.1 Å². The molecule has 0 aliphatic carbocycles. The van der Waals surface area contributed by atoms with Crippen molar-refractivity contribution in [2.45, 2.75) is 9.79 Å².